The molecule has 1 aromatic carbocycles. The Kier molecular flexibility index (Phi) is 4.45. The molecule has 1 heterocycles. The van der Waals surface area contributed by atoms with Crippen molar-refractivity contribution in [2.75, 3.05) is 37.3 Å². The number of nitrogens with zero attached hydrogens (tertiary/aromatic N) is 3. The summed E-state index contributed by atoms with van der Waals surface area (Å²) in [5.74, 6) is 0. The lowest BCUT2D eigenvalue weighted by Gasteiger charge is -2.35. The fourth-order valence-corrected chi connectivity index (χ4v) is 3.21. The summed E-state index contributed by atoms with van der Waals surface area (Å²) in [6.07, 6.45) is 1.17. The van der Waals surface area contributed by atoms with Crippen LogP contribution in [-0.2, 0) is 16.6 Å². The Labute approximate surface area is 122 Å². The van der Waals surface area contributed by atoms with Crippen LogP contribution in [0.1, 0.15) is 5.56 Å². The van der Waals surface area contributed by atoms with E-state index >= 15 is 0 Å². The number of aliphatic hydroxyl groups excluding tert-OH is 1. The second-order valence-corrected chi connectivity index (χ2v) is 6.86. The maximum absolute atomic E-state index is 11.5. The van der Waals surface area contributed by atoms with Crippen LogP contribution in [0.5, 0.6) is 0 Å². The first kappa shape index (κ1) is 15.7. The Hall–Kier alpha value is -1.71. The van der Waals surface area contributed by atoms with Crippen LogP contribution < -0.4 is 4.90 Å². The van der Waals surface area contributed by atoms with Gasteiger partial charge in [-0.15, -0.1) is 0 Å². The van der Waals surface area contributed by atoms with E-state index in [1.165, 1.54) is 22.7 Å². The number of rotatable bonds is 4. The van der Waals surface area contributed by atoms with Crippen molar-refractivity contribution < 1.29 is 18.4 Å². The second-order valence-electron chi connectivity index (χ2n) is 4.88. The highest BCUT2D eigenvalue weighted by Gasteiger charge is 2.25. The van der Waals surface area contributed by atoms with Gasteiger partial charge >= 0.3 is 0 Å². The van der Waals surface area contributed by atoms with E-state index in [9.17, 15) is 23.6 Å². The van der Waals surface area contributed by atoms with E-state index in [0.717, 1.165) is 0 Å². The van der Waals surface area contributed by atoms with Gasteiger partial charge < -0.3 is 10.0 Å². The fourth-order valence-electron chi connectivity index (χ4n) is 2.38. The SMILES string of the molecule is CS(=O)(=O)N1CCN(c2ccc([N+](=O)[O-])cc2CO)CC1. The zero-order chi connectivity index (χ0) is 15.6. The van der Waals surface area contributed by atoms with Crippen molar-refractivity contribution in [2.24, 2.45) is 0 Å². The van der Waals surface area contributed by atoms with E-state index in [0.29, 0.717) is 37.4 Å². The average Bonchev–Trinajstić information content (AvgIpc) is 2.45. The van der Waals surface area contributed by atoms with Crippen molar-refractivity contribution in [1.82, 2.24) is 4.31 Å². The van der Waals surface area contributed by atoms with E-state index < -0.39 is 14.9 Å². The first-order chi connectivity index (χ1) is 9.82. The number of nitro benzene ring substituents is 1. The molecule has 116 valence electrons. The Bertz CT molecular complexity index is 638. The summed E-state index contributed by atoms with van der Waals surface area (Å²) < 4.78 is 24.3. The average molecular weight is 315 g/mol. The summed E-state index contributed by atoms with van der Waals surface area (Å²) in [6, 6.07) is 4.33. The molecule has 0 spiro atoms. The highest BCUT2D eigenvalue weighted by atomic mass is 32.2. The molecule has 0 amide bonds. The van der Waals surface area contributed by atoms with Crippen LogP contribution in [0.3, 0.4) is 0 Å². The minimum atomic E-state index is -3.20. The molecular formula is C12H17N3O5S. The minimum absolute atomic E-state index is 0.0717. The van der Waals surface area contributed by atoms with E-state index in [-0.39, 0.29) is 12.3 Å². The van der Waals surface area contributed by atoms with Crippen molar-refractivity contribution >= 4 is 21.4 Å². The molecule has 0 radical (unpaired) electrons. The van der Waals surface area contributed by atoms with Crippen LogP contribution >= 0.6 is 0 Å². The molecule has 1 aliphatic heterocycles. The van der Waals surface area contributed by atoms with Gasteiger partial charge in [0, 0.05) is 49.6 Å². The summed E-state index contributed by atoms with van der Waals surface area (Å²) >= 11 is 0. The third kappa shape index (κ3) is 3.49. The number of hydrogen-bond donors (Lipinski definition) is 1. The summed E-state index contributed by atoms with van der Waals surface area (Å²) in [4.78, 5) is 12.2. The quantitative estimate of drug-likeness (QED) is 0.627. The molecule has 9 heteroatoms. The van der Waals surface area contributed by atoms with E-state index in [4.69, 9.17) is 0 Å². The van der Waals surface area contributed by atoms with Crippen LogP contribution in [0.25, 0.3) is 0 Å². The molecule has 1 aliphatic rings. The number of sulfonamides is 1. The van der Waals surface area contributed by atoms with Gasteiger partial charge in [0.1, 0.15) is 0 Å². The Morgan fingerprint density at radius 2 is 1.90 bits per heavy atom. The molecular weight excluding hydrogens is 298 g/mol. The Morgan fingerprint density at radius 3 is 2.38 bits per heavy atom. The molecule has 1 N–H and O–H groups in total. The van der Waals surface area contributed by atoms with Gasteiger partial charge in [0.25, 0.3) is 5.69 Å². The van der Waals surface area contributed by atoms with Crippen LogP contribution in [0.4, 0.5) is 11.4 Å². The van der Waals surface area contributed by atoms with Crippen molar-refractivity contribution in [3.8, 4) is 0 Å². The standard InChI is InChI=1S/C12H17N3O5S/c1-21(19,20)14-6-4-13(5-7-14)12-3-2-11(15(17)18)8-10(12)9-16/h2-3,8,16H,4-7,9H2,1H3. The third-order valence-corrected chi connectivity index (χ3v) is 4.80. The van der Waals surface area contributed by atoms with E-state index in [1.807, 2.05) is 4.90 Å². The molecule has 1 aromatic rings. The van der Waals surface area contributed by atoms with Crippen molar-refractivity contribution in [3.05, 3.63) is 33.9 Å². The maximum Gasteiger partial charge on any atom is 0.269 e. The molecule has 0 atom stereocenters. The zero-order valence-electron chi connectivity index (χ0n) is 11.6. The maximum atomic E-state index is 11.5. The van der Waals surface area contributed by atoms with Crippen LogP contribution in [0, 0.1) is 10.1 Å². The minimum Gasteiger partial charge on any atom is -0.392 e. The largest absolute Gasteiger partial charge is 0.392 e. The van der Waals surface area contributed by atoms with E-state index in [1.54, 1.807) is 6.07 Å². The predicted octanol–water partition coefficient (Wildman–Crippen LogP) is 0.169. The van der Waals surface area contributed by atoms with Crippen LogP contribution in [0.2, 0.25) is 0 Å². The predicted molar refractivity (Wildman–Crippen MR) is 77.6 cm³/mol. The molecule has 0 bridgehead atoms. The van der Waals surface area contributed by atoms with Gasteiger partial charge in [-0.05, 0) is 6.07 Å². The molecule has 2 rings (SSSR count). The molecule has 21 heavy (non-hydrogen) atoms. The topological polar surface area (TPSA) is 104 Å². The van der Waals surface area contributed by atoms with E-state index in [2.05, 4.69) is 0 Å². The van der Waals surface area contributed by atoms with Crippen molar-refractivity contribution in [3.63, 3.8) is 0 Å². The van der Waals surface area contributed by atoms with Crippen LogP contribution in [0.15, 0.2) is 18.2 Å². The molecule has 0 saturated carbocycles. The monoisotopic (exact) mass is 315 g/mol. The summed E-state index contributed by atoms with van der Waals surface area (Å²) in [5, 5.41) is 20.1. The van der Waals surface area contributed by atoms with Crippen LogP contribution in [-0.4, -0.2) is 55.2 Å². The Balaban J connectivity index is 2.18. The van der Waals surface area contributed by atoms with Gasteiger partial charge in [0.2, 0.25) is 10.0 Å². The number of hydrogen-bond acceptors (Lipinski definition) is 6. The molecule has 0 aromatic heterocycles. The molecule has 1 saturated heterocycles. The highest BCUT2D eigenvalue weighted by Crippen LogP contribution is 2.26. The molecule has 8 nitrogen and oxygen atoms in total. The number of non-ortho nitro benzene ring substituents is 1. The lowest BCUT2D eigenvalue weighted by atomic mass is 10.1. The fraction of sp³-hybridized carbons (Fsp3) is 0.500. The van der Waals surface area contributed by atoms with Gasteiger partial charge in [-0.1, -0.05) is 0 Å². The molecule has 0 aliphatic carbocycles. The summed E-state index contributed by atoms with van der Waals surface area (Å²) in [7, 11) is -3.20. The first-order valence-electron chi connectivity index (χ1n) is 6.41. The molecule has 0 unspecified atom stereocenters. The summed E-state index contributed by atoms with van der Waals surface area (Å²) in [6.45, 7) is 1.39. The number of anilines is 1. The third-order valence-electron chi connectivity index (χ3n) is 3.49. The first-order valence-corrected chi connectivity index (χ1v) is 8.26. The lowest BCUT2D eigenvalue weighted by Crippen LogP contribution is -2.48. The number of piperazine rings is 1. The van der Waals surface area contributed by atoms with Gasteiger partial charge in [-0.3, -0.25) is 10.1 Å². The number of aliphatic hydroxyl groups is 1. The van der Waals surface area contributed by atoms with Crippen molar-refractivity contribution in [2.45, 2.75) is 6.61 Å². The number of nitro groups is 1. The van der Waals surface area contributed by atoms with Gasteiger partial charge in [0.05, 0.1) is 17.8 Å². The Morgan fingerprint density at radius 1 is 1.29 bits per heavy atom. The second kappa shape index (κ2) is 5.96. The highest BCUT2D eigenvalue weighted by molar-refractivity contribution is 7.88. The van der Waals surface area contributed by atoms with Gasteiger partial charge in [-0.25, -0.2) is 8.42 Å². The lowest BCUT2D eigenvalue weighted by molar-refractivity contribution is -0.384. The van der Waals surface area contributed by atoms with Crippen molar-refractivity contribution in [1.29, 1.82) is 0 Å². The zero-order valence-corrected chi connectivity index (χ0v) is 12.4. The normalized spacial score (nSPS) is 17.0. The number of benzene rings is 1. The summed E-state index contributed by atoms with van der Waals surface area (Å²) in [5.41, 5.74) is 1.10. The molecule has 1 fully saturated rings. The van der Waals surface area contributed by atoms with Gasteiger partial charge in [-0.2, -0.15) is 4.31 Å². The smallest absolute Gasteiger partial charge is 0.269 e. The van der Waals surface area contributed by atoms with Gasteiger partial charge in [0.15, 0.2) is 0 Å².